The molecule has 2 rings (SSSR count). The van der Waals surface area contributed by atoms with Gasteiger partial charge in [0.25, 0.3) is 5.91 Å². The SMILES string of the molecule is COC(=O)[C@H](CO)NC(=O)C1=Cc2ccccc2OC1C(F)(F)F. The quantitative estimate of drug-likeness (QED) is 0.797. The molecule has 0 spiro atoms. The third kappa shape index (κ3) is 3.67. The number of benzene rings is 1. The van der Waals surface area contributed by atoms with Gasteiger partial charge in [-0.2, -0.15) is 13.2 Å². The highest BCUT2D eigenvalue weighted by Crippen LogP contribution is 2.37. The van der Waals surface area contributed by atoms with Crippen molar-refractivity contribution < 1.29 is 37.3 Å². The molecule has 130 valence electrons. The molecule has 0 saturated carbocycles. The number of fused-ring (bicyclic) bond motifs is 1. The summed E-state index contributed by atoms with van der Waals surface area (Å²) in [5, 5.41) is 11.1. The van der Waals surface area contributed by atoms with Crippen LogP contribution < -0.4 is 10.1 Å². The van der Waals surface area contributed by atoms with E-state index in [0.29, 0.717) is 5.56 Å². The molecule has 0 bridgehead atoms. The van der Waals surface area contributed by atoms with Crippen LogP contribution in [0.3, 0.4) is 0 Å². The van der Waals surface area contributed by atoms with Gasteiger partial charge in [-0.05, 0) is 12.1 Å². The zero-order valence-electron chi connectivity index (χ0n) is 12.5. The number of hydrogen-bond acceptors (Lipinski definition) is 5. The highest BCUT2D eigenvalue weighted by Gasteiger charge is 2.48. The Balaban J connectivity index is 2.34. The number of aliphatic hydroxyl groups is 1. The topological polar surface area (TPSA) is 84.9 Å². The van der Waals surface area contributed by atoms with E-state index in [4.69, 9.17) is 9.84 Å². The first kappa shape index (κ1) is 17.8. The molecule has 2 atom stereocenters. The van der Waals surface area contributed by atoms with E-state index in [9.17, 15) is 22.8 Å². The molecular weight excluding hydrogens is 331 g/mol. The monoisotopic (exact) mass is 345 g/mol. The van der Waals surface area contributed by atoms with Crippen LogP contribution in [0.1, 0.15) is 5.56 Å². The van der Waals surface area contributed by atoms with E-state index < -0.39 is 42.4 Å². The van der Waals surface area contributed by atoms with Gasteiger partial charge in [-0.1, -0.05) is 18.2 Å². The van der Waals surface area contributed by atoms with Crippen LogP contribution in [0.5, 0.6) is 5.75 Å². The van der Waals surface area contributed by atoms with Gasteiger partial charge in [-0.15, -0.1) is 0 Å². The van der Waals surface area contributed by atoms with Crippen LogP contribution in [0, 0.1) is 0 Å². The van der Waals surface area contributed by atoms with Crippen LogP contribution in [-0.2, 0) is 14.3 Å². The summed E-state index contributed by atoms with van der Waals surface area (Å²) in [7, 11) is 1.02. The van der Waals surface area contributed by atoms with Crippen LogP contribution in [0.25, 0.3) is 6.08 Å². The summed E-state index contributed by atoms with van der Waals surface area (Å²) in [6, 6.07) is 4.44. The molecule has 0 fully saturated rings. The van der Waals surface area contributed by atoms with Crippen molar-refractivity contribution in [1.82, 2.24) is 5.32 Å². The molecule has 0 radical (unpaired) electrons. The van der Waals surface area contributed by atoms with E-state index in [0.717, 1.165) is 13.2 Å². The number of halogens is 3. The van der Waals surface area contributed by atoms with Crippen molar-refractivity contribution in [3.63, 3.8) is 0 Å². The van der Waals surface area contributed by atoms with E-state index in [1.807, 2.05) is 5.32 Å². The average molecular weight is 345 g/mol. The van der Waals surface area contributed by atoms with E-state index in [2.05, 4.69) is 4.74 Å². The van der Waals surface area contributed by atoms with E-state index >= 15 is 0 Å². The third-order valence-corrected chi connectivity index (χ3v) is 3.29. The molecule has 1 unspecified atom stereocenters. The summed E-state index contributed by atoms with van der Waals surface area (Å²) >= 11 is 0. The maximum atomic E-state index is 13.2. The van der Waals surface area contributed by atoms with Gasteiger partial charge in [0, 0.05) is 5.56 Å². The zero-order valence-corrected chi connectivity index (χ0v) is 12.5. The van der Waals surface area contributed by atoms with Crippen LogP contribution in [0.15, 0.2) is 29.8 Å². The average Bonchev–Trinajstić information content (AvgIpc) is 2.56. The maximum Gasteiger partial charge on any atom is 0.429 e. The minimum atomic E-state index is -4.84. The number of carbonyl (C=O) groups excluding carboxylic acids is 2. The number of rotatable bonds is 4. The molecule has 2 N–H and O–H groups in total. The predicted molar refractivity (Wildman–Crippen MR) is 75.9 cm³/mol. The Morgan fingerprint density at radius 1 is 1.38 bits per heavy atom. The lowest BCUT2D eigenvalue weighted by molar-refractivity contribution is -0.185. The number of alkyl halides is 3. The molecule has 0 aliphatic carbocycles. The van der Waals surface area contributed by atoms with Gasteiger partial charge < -0.3 is 19.9 Å². The standard InChI is InChI=1S/C15H14F3NO5/c1-23-14(22)10(7-20)19-13(21)9-6-8-4-2-3-5-11(8)24-12(9)15(16,17)18/h2-6,10,12,20H,7H2,1H3,(H,19,21)/t10-,12?/m0/s1. The van der Waals surface area contributed by atoms with Crippen LogP contribution in [0.2, 0.25) is 0 Å². The summed E-state index contributed by atoms with van der Waals surface area (Å²) in [5.74, 6) is -2.17. The largest absolute Gasteiger partial charge is 0.475 e. The minimum Gasteiger partial charge on any atom is -0.475 e. The van der Waals surface area contributed by atoms with Crippen molar-refractivity contribution in [2.75, 3.05) is 13.7 Å². The summed E-state index contributed by atoms with van der Waals surface area (Å²) < 4.78 is 48.9. The number of methoxy groups -OCH3 is 1. The number of nitrogens with one attached hydrogen (secondary N) is 1. The molecule has 0 saturated heterocycles. The minimum absolute atomic E-state index is 0.0111. The molecule has 1 aromatic carbocycles. The predicted octanol–water partition coefficient (Wildman–Crippen LogP) is 1.04. The molecule has 1 aliphatic heterocycles. The van der Waals surface area contributed by atoms with Gasteiger partial charge in [0.2, 0.25) is 6.10 Å². The Labute approximate surface area is 134 Å². The molecule has 0 aromatic heterocycles. The zero-order chi connectivity index (χ0) is 17.9. The van der Waals surface area contributed by atoms with Gasteiger partial charge in [0.15, 0.2) is 6.04 Å². The number of aliphatic hydroxyl groups excluding tert-OH is 1. The smallest absolute Gasteiger partial charge is 0.429 e. The Morgan fingerprint density at radius 3 is 2.62 bits per heavy atom. The van der Waals surface area contributed by atoms with Gasteiger partial charge in [0.05, 0.1) is 19.3 Å². The fourth-order valence-electron chi connectivity index (χ4n) is 2.13. The molecule has 1 aliphatic rings. The first-order valence-corrected chi connectivity index (χ1v) is 6.81. The lowest BCUT2D eigenvalue weighted by atomic mass is 10.00. The Morgan fingerprint density at radius 2 is 2.04 bits per heavy atom. The molecule has 1 amide bonds. The lowest BCUT2D eigenvalue weighted by Gasteiger charge is -2.28. The van der Waals surface area contributed by atoms with Crippen molar-refractivity contribution >= 4 is 18.0 Å². The summed E-state index contributed by atoms with van der Waals surface area (Å²) in [5.41, 5.74) is -0.426. The fourth-order valence-corrected chi connectivity index (χ4v) is 2.13. The van der Waals surface area contributed by atoms with Crippen LogP contribution in [-0.4, -0.2) is 49.0 Å². The highest BCUT2D eigenvalue weighted by molar-refractivity contribution is 6.01. The summed E-state index contributed by atoms with van der Waals surface area (Å²) in [6.07, 6.45) is -6.28. The fraction of sp³-hybridized carbons (Fsp3) is 0.333. The number of para-hydroxylation sites is 1. The van der Waals surface area contributed by atoms with Crippen LogP contribution >= 0.6 is 0 Å². The van der Waals surface area contributed by atoms with E-state index in [1.54, 1.807) is 6.07 Å². The maximum absolute atomic E-state index is 13.2. The van der Waals surface area contributed by atoms with Gasteiger partial charge in [-0.3, -0.25) is 4.79 Å². The van der Waals surface area contributed by atoms with Crippen molar-refractivity contribution in [1.29, 1.82) is 0 Å². The summed E-state index contributed by atoms with van der Waals surface area (Å²) in [4.78, 5) is 23.5. The first-order valence-electron chi connectivity index (χ1n) is 6.81. The number of esters is 1. The van der Waals surface area contributed by atoms with Crippen molar-refractivity contribution in [3.8, 4) is 5.75 Å². The normalized spacial score (nSPS) is 17.9. The molecule has 1 heterocycles. The second-order valence-corrected chi connectivity index (χ2v) is 4.91. The lowest BCUT2D eigenvalue weighted by Crippen LogP contribution is -2.49. The number of hydrogen-bond donors (Lipinski definition) is 2. The van der Waals surface area contributed by atoms with Crippen molar-refractivity contribution in [2.45, 2.75) is 18.3 Å². The Kier molecular flexibility index (Phi) is 5.13. The number of carbonyl (C=O) groups is 2. The van der Waals surface area contributed by atoms with Gasteiger partial charge in [-0.25, -0.2) is 4.79 Å². The van der Waals surface area contributed by atoms with Crippen molar-refractivity contribution in [3.05, 3.63) is 35.4 Å². The van der Waals surface area contributed by atoms with Gasteiger partial charge in [0.1, 0.15) is 5.75 Å². The second-order valence-electron chi connectivity index (χ2n) is 4.91. The van der Waals surface area contributed by atoms with Crippen molar-refractivity contribution in [2.24, 2.45) is 0 Å². The molecule has 6 nitrogen and oxygen atoms in total. The number of ether oxygens (including phenoxy) is 2. The number of amides is 1. The van der Waals surface area contributed by atoms with Gasteiger partial charge >= 0.3 is 12.1 Å². The third-order valence-electron chi connectivity index (χ3n) is 3.29. The second kappa shape index (κ2) is 6.91. The Hall–Kier alpha value is -2.55. The van der Waals surface area contributed by atoms with E-state index in [1.165, 1.54) is 18.2 Å². The molecule has 1 aromatic rings. The van der Waals surface area contributed by atoms with E-state index in [-0.39, 0.29) is 5.75 Å². The molecule has 24 heavy (non-hydrogen) atoms. The highest BCUT2D eigenvalue weighted by atomic mass is 19.4. The molecule has 9 heteroatoms. The van der Waals surface area contributed by atoms with Crippen LogP contribution in [0.4, 0.5) is 13.2 Å². The molecular formula is C15H14F3NO5. The first-order chi connectivity index (χ1) is 11.3. The Bertz CT molecular complexity index is 671. The summed E-state index contributed by atoms with van der Waals surface area (Å²) in [6.45, 7) is -0.820.